The molecule has 1 aliphatic rings. The van der Waals surface area contributed by atoms with Gasteiger partial charge < -0.3 is 23.7 Å². The summed E-state index contributed by atoms with van der Waals surface area (Å²) in [4.78, 5) is 29.5. The summed E-state index contributed by atoms with van der Waals surface area (Å²) in [6, 6.07) is 8.26. The summed E-state index contributed by atoms with van der Waals surface area (Å²) in [7, 11) is 1.54. The molecule has 0 N–H and O–H groups in total. The Morgan fingerprint density at radius 1 is 1.23 bits per heavy atom. The van der Waals surface area contributed by atoms with Crippen LogP contribution >= 0.6 is 23.2 Å². The third-order valence-electron chi connectivity index (χ3n) is 5.07. The van der Waals surface area contributed by atoms with E-state index in [-0.39, 0.29) is 48.2 Å². The maximum absolute atomic E-state index is 13.2. The van der Waals surface area contributed by atoms with Crippen molar-refractivity contribution in [1.29, 1.82) is 0 Å². The van der Waals surface area contributed by atoms with Crippen LogP contribution in [0.25, 0.3) is 0 Å². The highest BCUT2D eigenvalue weighted by atomic mass is 35.5. The van der Waals surface area contributed by atoms with Gasteiger partial charge in [0.2, 0.25) is 5.91 Å². The molecule has 1 aliphatic heterocycles. The van der Waals surface area contributed by atoms with E-state index in [2.05, 4.69) is 0 Å². The quantitative estimate of drug-likeness (QED) is 0.528. The van der Waals surface area contributed by atoms with Gasteiger partial charge in [-0.25, -0.2) is 0 Å². The Bertz CT molecular complexity index is 869. The second-order valence-corrected chi connectivity index (χ2v) is 8.18. The molecule has 0 saturated carbocycles. The zero-order chi connectivity index (χ0) is 22.2. The maximum Gasteiger partial charge on any atom is 0.255 e. The molecular weight excluding hydrogens is 443 g/mol. The minimum Gasteiger partial charge on any atom is -0.467 e. The number of nitrogens with zero attached hydrogens (tertiary/aromatic N) is 2. The Hall–Kier alpha value is -2.06. The molecule has 2 aromatic rings. The lowest BCUT2D eigenvalue weighted by Gasteiger charge is -2.29. The van der Waals surface area contributed by atoms with Gasteiger partial charge in [-0.05, 0) is 43.2 Å². The number of halogens is 2. The molecule has 1 fully saturated rings. The van der Waals surface area contributed by atoms with E-state index in [0.717, 1.165) is 12.8 Å². The fourth-order valence-electron chi connectivity index (χ4n) is 3.43. The molecule has 7 nitrogen and oxygen atoms in total. The average molecular weight is 469 g/mol. The lowest BCUT2D eigenvalue weighted by molar-refractivity contribution is -0.134. The molecule has 2 amide bonds. The maximum atomic E-state index is 13.2. The van der Waals surface area contributed by atoms with Crippen molar-refractivity contribution < 1.29 is 23.5 Å². The molecule has 1 atom stereocenters. The Morgan fingerprint density at radius 2 is 2.06 bits per heavy atom. The Morgan fingerprint density at radius 3 is 2.71 bits per heavy atom. The smallest absolute Gasteiger partial charge is 0.255 e. The van der Waals surface area contributed by atoms with Crippen LogP contribution in [0, 0.1) is 0 Å². The van der Waals surface area contributed by atoms with E-state index in [1.54, 1.807) is 36.5 Å². The first-order chi connectivity index (χ1) is 15.0. The van der Waals surface area contributed by atoms with Gasteiger partial charge in [-0.2, -0.15) is 0 Å². The molecular formula is C22H26Cl2N2O5. The molecule has 0 spiro atoms. The van der Waals surface area contributed by atoms with Gasteiger partial charge in [0.25, 0.3) is 5.91 Å². The van der Waals surface area contributed by atoms with Gasteiger partial charge in [0.05, 0.1) is 36.1 Å². The van der Waals surface area contributed by atoms with Gasteiger partial charge in [0, 0.05) is 31.8 Å². The van der Waals surface area contributed by atoms with Crippen LogP contribution in [0.5, 0.6) is 0 Å². The van der Waals surface area contributed by atoms with Crippen LogP contribution in [0.15, 0.2) is 41.0 Å². The van der Waals surface area contributed by atoms with Crippen molar-refractivity contribution >= 4 is 35.0 Å². The van der Waals surface area contributed by atoms with Gasteiger partial charge in [0.15, 0.2) is 0 Å². The Balaban J connectivity index is 1.75. The molecule has 168 valence electrons. The summed E-state index contributed by atoms with van der Waals surface area (Å²) >= 11 is 12.2. The van der Waals surface area contributed by atoms with Gasteiger partial charge in [-0.1, -0.05) is 23.2 Å². The largest absolute Gasteiger partial charge is 0.467 e. The number of benzene rings is 1. The molecule has 0 bridgehead atoms. The van der Waals surface area contributed by atoms with Crippen LogP contribution in [0.2, 0.25) is 10.0 Å². The van der Waals surface area contributed by atoms with Crippen molar-refractivity contribution in [2.24, 2.45) is 0 Å². The second kappa shape index (κ2) is 11.5. The zero-order valence-electron chi connectivity index (χ0n) is 17.4. The molecule has 1 aromatic heterocycles. The van der Waals surface area contributed by atoms with E-state index in [4.69, 9.17) is 37.1 Å². The fraction of sp³-hybridized carbons (Fsp3) is 0.455. The van der Waals surface area contributed by atoms with Crippen LogP contribution < -0.4 is 0 Å². The van der Waals surface area contributed by atoms with E-state index < -0.39 is 0 Å². The minimum absolute atomic E-state index is 0.0206. The van der Waals surface area contributed by atoms with Gasteiger partial charge in [-0.3, -0.25) is 9.59 Å². The number of furan rings is 1. The highest BCUT2D eigenvalue weighted by Gasteiger charge is 2.27. The van der Waals surface area contributed by atoms with Crippen molar-refractivity contribution in [3.63, 3.8) is 0 Å². The monoisotopic (exact) mass is 468 g/mol. The number of ether oxygens (including phenoxy) is 2. The molecule has 0 radical (unpaired) electrons. The SMILES string of the molecule is COCCN(CC(=O)N(Cc1ccco1)CC1CCCO1)C(=O)c1ccc(Cl)cc1Cl. The predicted molar refractivity (Wildman–Crippen MR) is 117 cm³/mol. The highest BCUT2D eigenvalue weighted by Crippen LogP contribution is 2.23. The number of methoxy groups -OCH3 is 1. The third kappa shape index (κ3) is 6.71. The molecule has 1 saturated heterocycles. The van der Waals surface area contributed by atoms with Crippen LogP contribution in [-0.2, 0) is 20.8 Å². The lowest BCUT2D eigenvalue weighted by Crippen LogP contribution is -2.46. The van der Waals surface area contributed by atoms with Gasteiger partial charge >= 0.3 is 0 Å². The van der Waals surface area contributed by atoms with Gasteiger partial charge in [-0.15, -0.1) is 0 Å². The van der Waals surface area contributed by atoms with Crippen molar-refractivity contribution in [2.45, 2.75) is 25.5 Å². The zero-order valence-corrected chi connectivity index (χ0v) is 18.9. The molecule has 2 heterocycles. The second-order valence-electron chi connectivity index (χ2n) is 7.33. The Labute approximate surface area is 191 Å². The fourth-order valence-corrected chi connectivity index (χ4v) is 3.92. The van der Waals surface area contributed by atoms with Crippen LogP contribution in [0.4, 0.5) is 0 Å². The first-order valence-corrected chi connectivity index (χ1v) is 10.9. The molecule has 9 heteroatoms. The standard InChI is InChI=1S/C22H26Cl2N2O5/c1-29-11-8-25(22(28)19-7-6-16(23)12-20(19)24)15-21(27)26(13-17-4-2-9-30-17)14-18-5-3-10-31-18/h2,4,6-7,9,12,18H,3,5,8,10-11,13-15H2,1H3. The summed E-state index contributed by atoms with van der Waals surface area (Å²) < 4.78 is 16.3. The molecule has 3 rings (SSSR count). The topological polar surface area (TPSA) is 72.2 Å². The molecule has 1 unspecified atom stereocenters. The van der Waals surface area contributed by atoms with E-state index in [9.17, 15) is 9.59 Å². The van der Waals surface area contributed by atoms with E-state index >= 15 is 0 Å². The number of hydrogen-bond donors (Lipinski definition) is 0. The highest BCUT2D eigenvalue weighted by molar-refractivity contribution is 6.36. The molecule has 0 aliphatic carbocycles. The normalized spacial score (nSPS) is 15.8. The van der Waals surface area contributed by atoms with Gasteiger partial charge in [0.1, 0.15) is 12.3 Å². The van der Waals surface area contributed by atoms with Crippen molar-refractivity contribution in [2.75, 3.05) is 40.0 Å². The first-order valence-electron chi connectivity index (χ1n) is 10.1. The third-order valence-corrected chi connectivity index (χ3v) is 5.62. The van der Waals surface area contributed by atoms with E-state index in [0.29, 0.717) is 30.5 Å². The van der Waals surface area contributed by atoms with Crippen molar-refractivity contribution in [1.82, 2.24) is 9.80 Å². The first kappa shape index (κ1) is 23.6. The van der Waals surface area contributed by atoms with Crippen LogP contribution in [0.3, 0.4) is 0 Å². The van der Waals surface area contributed by atoms with Crippen LogP contribution in [0.1, 0.15) is 29.0 Å². The van der Waals surface area contributed by atoms with E-state index in [1.807, 2.05) is 6.07 Å². The number of carbonyl (C=O) groups excluding carboxylic acids is 2. The Kier molecular flexibility index (Phi) is 8.78. The van der Waals surface area contributed by atoms with Crippen molar-refractivity contribution in [3.05, 3.63) is 58.0 Å². The van der Waals surface area contributed by atoms with Crippen LogP contribution in [-0.4, -0.2) is 67.7 Å². The number of rotatable bonds is 10. The van der Waals surface area contributed by atoms with Crippen molar-refractivity contribution in [3.8, 4) is 0 Å². The number of carbonyl (C=O) groups is 2. The summed E-state index contributed by atoms with van der Waals surface area (Å²) in [5.41, 5.74) is 0.284. The van der Waals surface area contributed by atoms with E-state index in [1.165, 1.54) is 11.0 Å². The number of hydrogen-bond acceptors (Lipinski definition) is 5. The summed E-state index contributed by atoms with van der Waals surface area (Å²) in [6.07, 6.45) is 3.42. The average Bonchev–Trinajstić information content (AvgIpc) is 3.44. The summed E-state index contributed by atoms with van der Waals surface area (Å²) in [5, 5.41) is 0.668. The molecule has 1 aromatic carbocycles. The minimum atomic E-state index is -0.359. The number of amides is 2. The summed E-state index contributed by atoms with van der Waals surface area (Å²) in [5.74, 6) is 0.102. The summed E-state index contributed by atoms with van der Waals surface area (Å²) in [6.45, 7) is 1.85. The lowest BCUT2D eigenvalue weighted by atomic mass is 10.2. The molecule has 31 heavy (non-hydrogen) atoms. The predicted octanol–water partition coefficient (Wildman–Crippen LogP) is 3.88.